The van der Waals surface area contributed by atoms with Crippen molar-refractivity contribution in [3.05, 3.63) is 12.2 Å². The van der Waals surface area contributed by atoms with Gasteiger partial charge in [0.25, 0.3) is 0 Å². The molecule has 0 amide bonds. The lowest BCUT2D eigenvalue weighted by atomic mass is 10.0. The zero-order valence-electron chi connectivity index (χ0n) is 32.8. The molecule has 0 radical (unpaired) electrons. The number of carbonyl (C=O) groups excluding carboxylic acids is 1. The highest BCUT2D eigenvalue weighted by molar-refractivity contribution is 5.69. The number of allylic oxidation sites excluding steroid dienone is 2. The van der Waals surface area contributed by atoms with Gasteiger partial charge in [0.15, 0.2) is 0 Å². The van der Waals surface area contributed by atoms with Crippen molar-refractivity contribution >= 4 is 5.97 Å². The molecule has 0 aromatic heterocycles. The Labute approximate surface area is 297 Å². The lowest BCUT2D eigenvalue weighted by Gasteiger charge is -2.06. The summed E-state index contributed by atoms with van der Waals surface area (Å²) >= 11 is 0. The van der Waals surface area contributed by atoms with Crippen LogP contribution in [-0.2, 0) is 9.53 Å². The molecule has 0 aromatic carbocycles. The minimum Gasteiger partial charge on any atom is -0.466 e. The van der Waals surface area contributed by atoms with Gasteiger partial charge in [-0.25, -0.2) is 0 Å². The van der Waals surface area contributed by atoms with Gasteiger partial charge in [0.1, 0.15) is 0 Å². The molecule has 2 heteroatoms. The first-order valence-electron chi connectivity index (χ1n) is 22.1. The van der Waals surface area contributed by atoms with Gasteiger partial charge >= 0.3 is 5.97 Å². The van der Waals surface area contributed by atoms with Crippen molar-refractivity contribution in [1.29, 1.82) is 0 Å². The van der Waals surface area contributed by atoms with E-state index in [2.05, 4.69) is 26.0 Å². The van der Waals surface area contributed by atoms with E-state index in [0.717, 1.165) is 19.3 Å². The smallest absolute Gasteiger partial charge is 0.305 e. The summed E-state index contributed by atoms with van der Waals surface area (Å²) in [6.07, 6.45) is 57.5. The molecule has 0 rings (SSSR count). The second-order valence-electron chi connectivity index (χ2n) is 15.0. The number of hydrogen-bond donors (Lipinski definition) is 0. The number of esters is 1. The van der Waals surface area contributed by atoms with E-state index in [1.54, 1.807) is 0 Å². The Bertz CT molecular complexity index is 597. The predicted octanol–water partition coefficient (Wildman–Crippen LogP) is 16.3. The molecule has 0 aromatic rings. The largest absolute Gasteiger partial charge is 0.466 e. The number of unbranched alkanes of at least 4 members (excludes halogenated alkanes) is 35. The molecule has 0 aliphatic carbocycles. The van der Waals surface area contributed by atoms with Crippen molar-refractivity contribution in [2.45, 2.75) is 264 Å². The molecule has 2 nitrogen and oxygen atoms in total. The molecule has 280 valence electrons. The van der Waals surface area contributed by atoms with Crippen LogP contribution in [0.3, 0.4) is 0 Å². The number of hydrogen-bond acceptors (Lipinski definition) is 2. The zero-order chi connectivity index (χ0) is 34.0. The fraction of sp³-hybridized carbons (Fsp3) is 0.933. The average molecular weight is 661 g/mol. The molecular formula is C45H88O2. The monoisotopic (exact) mass is 661 g/mol. The van der Waals surface area contributed by atoms with E-state index in [-0.39, 0.29) is 5.97 Å². The maximum absolute atomic E-state index is 12.0. The van der Waals surface area contributed by atoms with Crippen molar-refractivity contribution < 1.29 is 9.53 Å². The first-order valence-corrected chi connectivity index (χ1v) is 22.1. The van der Waals surface area contributed by atoms with Crippen LogP contribution >= 0.6 is 0 Å². The van der Waals surface area contributed by atoms with E-state index in [1.807, 2.05) is 0 Å². The van der Waals surface area contributed by atoms with Gasteiger partial charge < -0.3 is 4.74 Å². The average Bonchev–Trinajstić information content (AvgIpc) is 3.08. The third kappa shape index (κ3) is 43.2. The summed E-state index contributed by atoms with van der Waals surface area (Å²) in [6, 6.07) is 0. The Kier molecular flexibility index (Phi) is 42.5. The standard InChI is InChI=1S/C45H88O2/c1-3-5-7-9-11-13-15-17-18-19-20-21-22-23-24-25-26-27-28-29-30-32-34-36-38-40-42-44-47-45(46)43-41-39-37-35-33-31-16-14-12-10-8-6-4-2/h14,16H,3-13,15,17-44H2,1-2H3/b16-14-. The van der Waals surface area contributed by atoms with Crippen LogP contribution in [0.15, 0.2) is 12.2 Å². The molecule has 0 saturated carbocycles. The fourth-order valence-electron chi connectivity index (χ4n) is 6.84. The SMILES string of the molecule is CCCCCC/C=C\CCCCCCCC(=O)OCCCCCCCCCCCCCCCCCCCCCCCCCCCCC. The van der Waals surface area contributed by atoms with Gasteiger partial charge in [-0.05, 0) is 38.5 Å². The van der Waals surface area contributed by atoms with Crippen molar-refractivity contribution in [3.63, 3.8) is 0 Å². The molecule has 0 spiro atoms. The lowest BCUT2D eigenvalue weighted by Crippen LogP contribution is -2.05. The summed E-state index contributed by atoms with van der Waals surface area (Å²) < 4.78 is 5.46. The van der Waals surface area contributed by atoms with E-state index < -0.39 is 0 Å². The van der Waals surface area contributed by atoms with Gasteiger partial charge in [0.05, 0.1) is 6.61 Å². The van der Waals surface area contributed by atoms with Crippen LogP contribution < -0.4 is 0 Å². The van der Waals surface area contributed by atoms with Gasteiger partial charge in [-0.2, -0.15) is 0 Å². The number of rotatable bonds is 41. The Morgan fingerprint density at radius 3 is 0.936 bits per heavy atom. The second kappa shape index (κ2) is 43.2. The van der Waals surface area contributed by atoms with Gasteiger partial charge in [0.2, 0.25) is 0 Å². The topological polar surface area (TPSA) is 26.3 Å². The van der Waals surface area contributed by atoms with Crippen LogP contribution in [0.5, 0.6) is 0 Å². The maximum atomic E-state index is 12.0. The second-order valence-corrected chi connectivity index (χ2v) is 15.0. The Morgan fingerprint density at radius 1 is 0.340 bits per heavy atom. The Balaban J connectivity index is 3.15. The summed E-state index contributed by atoms with van der Waals surface area (Å²) in [5.41, 5.74) is 0. The van der Waals surface area contributed by atoms with E-state index >= 15 is 0 Å². The molecule has 0 unspecified atom stereocenters. The summed E-state index contributed by atoms with van der Waals surface area (Å²) in [5.74, 6) is 0.0193. The molecular weight excluding hydrogens is 572 g/mol. The summed E-state index contributed by atoms with van der Waals surface area (Å²) in [4.78, 5) is 12.0. The quantitative estimate of drug-likeness (QED) is 0.0370. The third-order valence-corrected chi connectivity index (χ3v) is 10.2. The molecule has 0 aliphatic rings. The summed E-state index contributed by atoms with van der Waals surface area (Å²) in [5, 5.41) is 0. The van der Waals surface area contributed by atoms with Crippen LogP contribution in [0.1, 0.15) is 264 Å². The summed E-state index contributed by atoms with van der Waals surface area (Å²) in [7, 11) is 0. The molecule has 0 saturated heterocycles. The first-order chi connectivity index (χ1) is 23.3. The molecule has 0 bridgehead atoms. The zero-order valence-corrected chi connectivity index (χ0v) is 32.8. The molecule has 0 aliphatic heterocycles. The fourth-order valence-corrected chi connectivity index (χ4v) is 6.84. The van der Waals surface area contributed by atoms with Crippen molar-refractivity contribution in [1.82, 2.24) is 0 Å². The predicted molar refractivity (Wildman–Crippen MR) is 212 cm³/mol. The van der Waals surface area contributed by atoms with E-state index in [0.29, 0.717) is 13.0 Å². The normalized spacial score (nSPS) is 11.6. The lowest BCUT2D eigenvalue weighted by molar-refractivity contribution is -0.143. The molecule has 0 fully saturated rings. The van der Waals surface area contributed by atoms with Crippen LogP contribution in [0, 0.1) is 0 Å². The highest BCUT2D eigenvalue weighted by Crippen LogP contribution is 2.16. The third-order valence-electron chi connectivity index (χ3n) is 10.2. The summed E-state index contributed by atoms with van der Waals surface area (Å²) in [6.45, 7) is 5.20. The highest BCUT2D eigenvalue weighted by Gasteiger charge is 2.03. The van der Waals surface area contributed by atoms with Crippen LogP contribution in [0.2, 0.25) is 0 Å². The molecule has 0 atom stereocenters. The molecule has 47 heavy (non-hydrogen) atoms. The van der Waals surface area contributed by atoms with Crippen molar-refractivity contribution in [2.75, 3.05) is 6.61 Å². The minimum absolute atomic E-state index is 0.0193. The Morgan fingerprint density at radius 2 is 0.596 bits per heavy atom. The van der Waals surface area contributed by atoms with E-state index in [4.69, 9.17) is 4.74 Å². The number of carbonyl (C=O) groups is 1. The minimum atomic E-state index is 0.0193. The first kappa shape index (κ1) is 46.2. The molecule has 0 N–H and O–H groups in total. The van der Waals surface area contributed by atoms with Crippen molar-refractivity contribution in [3.8, 4) is 0 Å². The van der Waals surface area contributed by atoms with E-state index in [1.165, 1.54) is 225 Å². The van der Waals surface area contributed by atoms with Crippen molar-refractivity contribution in [2.24, 2.45) is 0 Å². The highest BCUT2D eigenvalue weighted by atomic mass is 16.5. The van der Waals surface area contributed by atoms with Crippen LogP contribution in [0.4, 0.5) is 0 Å². The maximum Gasteiger partial charge on any atom is 0.305 e. The van der Waals surface area contributed by atoms with Gasteiger partial charge in [-0.3, -0.25) is 4.79 Å². The van der Waals surface area contributed by atoms with Gasteiger partial charge in [-0.1, -0.05) is 231 Å². The van der Waals surface area contributed by atoms with Crippen LogP contribution in [0.25, 0.3) is 0 Å². The van der Waals surface area contributed by atoms with E-state index in [9.17, 15) is 4.79 Å². The number of ether oxygens (including phenoxy) is 1. The van der Waals surface area contributed by atoms with Gasteiger partial charge in [-0.15, -0.1) is 0 Å². The van der Waals surface area contributed by atoms with Gasteiger partial charge in [0, 0.05) is 6.42 Å². The molecule has 0 heterocycles. The van der Waals surface area contributed by atoms with Crippen LogP contribution in [-0.4, -0.2) is 12.6 Å². The Hall–Kier alpha value is -0.790.